The van der Waals surface area contributed by atoms with Crippen LogP contribution in [0, 0.1) is 5.82 Å². The van der Waals surface area contributed by atoms with Gasteiger partial charge in [0.25, 0.3) is 5.91 Å². The van der Waals surface area contributed by atoms with Gasteiger partial charge < -0.3 is 10.6 Å². The summed E-state index contributed by atoms with van der Waals surface area (Å²) in [7, 11) is 0. The van der Waals surface area contributed by atoms with Gasteiger partial charge >= 0.3 is 0 Å². The predicted octanol–water partition coefficient (Wildman–Crippen LogP) is 4.71. The molecule has 0 atom stereocenters. The summed E-state index contributed by atoms with van der Waals surface area (Å²) in [4.78, 5) is 24.8. The van der Waals surface area contributed by atoms with Crippen molar-refractivity contribution in [2.75, 3.05) is 10.6 Å². The summed E-state index contributed by atoms with van der Waals surface area (Å²) in [5.74, 6) is -0.664. The van der Waals surface area contributed by atoms with E-state index in [2.05, 4.69) is 10.6 Å². The molecule has 0 unspecified atom stereocenters. The highest BCUT2D eigenvalue weighted by Crippen LogP contribution is 2.18. The summed E-state index contributed by atoms with van der Waals surface area (Å²) >= 11 is 1.36. The van der Waals surface area contributed by atoms with Gasteiger partial charge in [-0.1, -0.05) is 24.3 Å². The van der Waals surface area contributed by atoms with Crippen LogP contribution in [0.15, 0.2) is 66.0 Å². The largest absolute Gasteiger partial charge is 0.326 e. The van der Waals surface area contributed by atoms with Crippen LogP contribution in [-0.2, 0) is 11.2 Å². The van der Waals surface area contributed by atoms with Gasteiger partial charge in [-0.25, -0.2) is 4.39 Å². The van der Waals surface area contributed by atoms with E-state index in [1.54, 1.807) is 42.5 Å². The highest BCUT2D eigenvalue weighted by atomic mass is 32.1. The molecule has 0 aliphatic carbocycles. The van der Waals surface area contributed by atoms with Gasteiger partial charge in [0.15, 0.2) is 0 Å². The van der Waals surface area contributed by atoms with Crippen LogP contribution in [0.4, 0.5) is 15.8 Å². The Morgan fingerprint density at radius 1 is 0.923 bits per heavy atom. The van der Waals surface area contributed by atoms with E-state index in [1.165, 1.54) is 23.5 Å². The van der Waals surface area contributed by atoms with E-state index in [0.29, 0.717) is 22.7 Å². The van der Waals surface area contributed by atoms with E-state index in [4.69, 9.17) is 0 Å². The van der Waals surface area contributed by atoms with Crippen molar-refractivity contribution < 1.29 is 14.0 Å². The molecule has 3 rings (SSSR count). The highest BCUT2D eigenvalue weighted by molar-refractivity contribution is 7.12. The van der Waals surface area contributed by atoms with Crippen LogP contribution in [-0.4, -0.2) is 11.8 Å². The minimum absolute atomic E-state index is 0.170. The smallest absolute Gasteiger partial charge is 0.265 e. The van der Waals surface area contributed by atoms with Gasteiger partial charge in [0.1, 0.15) is 5.82 Å². The van der Waals surface area contributed by atoms with Gasteiger partial charge in [0, 0.05) is 17.8 Å². The quantitative estimate of drug-likeness (QED) is 0.662. The molecule has 1 aromatic heterocycles. The molecule has 132 valence electrons. The van der Waals surface area contributed by atoms with Crippen molar-refractivity contribution in [1.29, 1.82) is 0 Å². The van der Waals surface area contributed by atoms with Crippen molar-refractivity contribution in [2.24, 2.45) is 0 Å². The van der Waals surface area contributed by atoms with Gasteiger partial charge in [0.2, 0.25) is 5.91 Å². The molecule has 0 saturated carbocycles. The summed E-state index contributed by atoms with van der Waals surface area (Å²) in [5.41, 5.74) is 1.97. The van der Waals surface area contributed by atoms with Crippen LogP contribution in [0.1, 0.15) is 21.7 Å². The SMILES string of the molecule is O=C(CCc1cccc(F)c1)Nc1cccc(NC(=O)c2cccs2)c1. The van der Waals surface area contributed by atoms with Crippen molar-refractivity contribution in [3.63, 3.8) is 0 Å². The molecule has 6 heteroatoms. The van der Waals surface area contributed by atoms with Crippen LogP contribution in [0.25, 0.3) is 0 Å². The first-order valence-corrected chi connectivity index (χ1v) is 8.97. The number of halogens is 1. The van der Waals surface area contributed by atoms with Crippen molar-refractivity contribution in [3.05, 3.63) is 82.3 Å². The number of carbonyl (C=O) groups is 2. The lowest BCUT2D eigenvalue weighted by atomic mass is 10.1. The fraction of sp³-hybridized carbons (Fsp3) is 0.100. The molecule has 0 spiro atoms. The molecule has 0 radical (unpaired) electrons. The number of hydrogen-bond acceptors (Lipinski definition) is 3. The fourth-order valence-corrected chi connectivity index (χ4v) is 3.07. The Morgan fingerprint density at radius 2 is 1.69 bits per heavy atom. The summed E-state index contributed by atoms with van der Waals surface area (Å²) in [6.07, 6.45) is 0.702. The van der Waals surface area contributed by atoms with E-state index in [0.717, 1.165) is 5.56 Å². The molecule has 0 fully saturated rings. The third-order valence-electron chi connectivity index (χ3n) is 3.68. The zero-order chi connectivity index (χ0) is 18.4. The Kier molecular flexibility index (Phi) is 5.76. The molecule has 2 aromatic carbocycles. The third-order valence-corrected chi connectivity index (χ3v) is 4.55. The lowest BCUT2D eigenvalue weighted by Gasteiger charge is -2.08. The maximum Gasteiger partial charge on any atom is 0.265 e. The number of aryl methyl sites for hydroxylation is 1. The predicted molar refractivity (Wildman–Crippen MR) is 102 cm³/mol. The van der Waals surface area contributed by atoms with Crippen LogP contribution >= 0.6 is 11.3 Å². The van der Waals surface area contributed by atoms with Crippen molar-refractivity contribution in [1.82, 2.24) is 0 Å². The summed E-state index contributed by atoms with van der Waals surface area (Å²) < 4.78 is 13.2. The molecule has 1 heterocycles. The van der Waals surface area contributed by atoms with Crippen LogP contribution in [0.2, 0.25) is 0 Å². The minimum atomic E-state index is -0.308. The van der Waals surface area contributed by atoms with Gasteiger partial charge in [-0.05, 0) is 53.8 Å². The number of amides is 2. The van der Waals surface area contributed by atoms with E-state index < -0.39 is 0 Å². The van der Waals surface area contributed by atoms with Gasteiger partial charge in [-0.3, -0.25) is 9.59 Å². The highest BCUT2D eigenvalue weighted by Gasteiger charge is 2.08. The van der Waals surface area contributed by atoms with Crippen molar-refractivity contribution in [2.45, 2.75) is 12.8 Å². The first-order valence-electron chi connectivity index (χ1n) is 8.09. The molecule has 0 aliphatic heterocycles. The summed E-state index contributed by atoms with van der Waals surface area (Å²) in [5, 5.41) is 7.43. The molecule has 2 N–H and O–H groups in total. The number of anilines is 2. The maximum atomic E-state index is 13.2. The molecule has 26 heavy (non-hydrogen) atoms. The lowest BCUT2D eigenvalue weighted by Crippen LogP contribution is -2.13. The third kappa shape index (κ3) is 5.00. The molecule has 4 nitrogen and oxygen atoms in total. The van der Waals surface area contributed by atoms with Gasteiger partial charge in [-0.15, -0.1) is 11.3 Å². The van der Waals surface area contributed by atoms with Crippen LogP contribution in [0.5, 0.6) is 0 Å². The summed E-state index contributed by atoms with van der Waals surface area (Å²) in [6.45, 7) is 0. The number of hydrogen-bond donors (Lipinski definition) is 2. The monoisotopic (exact) mass is 368 g/mol. The zero-order valence-corrected chi connectivity index (χ0v) is 14.7. The average Bonchev–Trinajstić information content (AvgIpc) is 3.15. The second kappa shape index (κ2) is 8.40. The standard InChI is InChI=1S/C20H17FN2O2S/c21-15-5-1-4-14(12-15)9-10-19(24)22-16-6-2-7-17(13-16)23-20(25)18-8-3-11-26-18/h1-8,11-13H,9-10H2,(H,22,24)(H,23,25). The second-order valence-electron chi connectivity index (χ2n) is 5.69. The Balaban J connectivity index is 1.56. The lowest BCUT2D eigenvalue weighted by molar-refractivity contribution is -0.116. The Hall–Kier alpha value is -2.99. The molecule has 0 bridgehead atoms. The van der Waals surface area contributed by atoms with Crippen molar-refractivity contribution >= 4 is 34.5 Å². The Labute approximate surface area is 154 Å². The average molecular weight is 368 g/mol. The Morgan fingerprint density at radius 3 is 2.42 bits per heavy atom. The molecule has 3 aromatic rings. The fourth-order valence-electron chi connectivity index (χ4n) is 2.45. The van der Waals surface area contributed by atoms with Crippen molar-refractivity contribution in [3.8, 4) is 0 Å². The maximum absolute atomic E-state index is 13.2. The number of nitrogens with one attached hydrogen (secondary N) is 2. The first kappa shape index (κ1) is 17.8. The van der Waals surface area contributed by atoms with E-state index in [-0.39, 0.29) is 24.1 Å². The molecule has 2 amide bonds. The first-order chi connectivity index (χ1) is 12.6. The number of rotatable bonds is 6. The normalized spacial score (nSPS) is 10.3. The van der Waals surface area contributed by atoms with E-state index >= 15 is 0 Å². The number of carbonyl (C=O) groups excluding carboxylic acids is 2. The van der Waals surface area contributed by atoms with Gasteiger partial charge in [-0.2, -0.15) is 0 Å². The topological polar surface area (TPSA) is 58.2 Å². The van der Waals surface area contributed by atoms with Crippen LogP contribution < -0.4 is 10.6 Å². The van der Waals surface area contributed by atoms with Gasteiger partial charge in [0.05, 0.1) is 4.88 Å². The second-order valence-corrected chi connectivity index (χ2v) is 6.64. The summed E-state index contributed by atoms with van der Waals surface area (Å²) in [6, 6.07) is 16.7. The van der Waals surface area contributed by atoms with E-state index in [1.807, 2.05) is 11.4 Å². The molecular formula is C20H17FN2O2S. The molecular weight excluding hydrogens is 351 g/mol. The molecule has 0 saturated heterocycles. The number of benzene rings is 2. The zero-order valence-electron chi connectivity index (χ0n) is 13.9. The Bertz CT molecular complexity index is 910. The van der Waals surface area contributed by atoms with Crippen LogP contribution in [0.3, 0.4) is 0 Å². The number of thiophene rings is 1. The molecule has 0 aliphatic rings. The minimum Gasteiger partial charge on any atom is -0.326 e. The van der Waals surface area contributed by atoms with E-state index in [9.17, 15) is 14.0 Å².